The van der Waals surface area contributed by atoms with Crippen LogP contribution in [0.4, 0.5) is 5.00 Å². The first-order chi connectivity index (χ1) is 15.0. The Morgan fingerprint density at radius 1 is 0.871 bits per heavy atom. The van der Waals surface area contributed by atoms with Crippen LogP contribution in [0.1, 0.15) is 49.8 Å². The molecule has 160 valence electrons. The van der Waals surface area contributed by atoms with Crippen LogP contribution in [0.5, 0.6) is 0 Å². The summed E-state index contributed by atoms with van der Waals surface area (Å²) in [6.07, 6.45) is 0. The summed E-state index contributed by atoms with van der Waals surface area (Å²) in [6.45, 7) is 5.58. The number of benzene rings is 2. The molecule has 1 N–H and O–H groups in total. The fourth-order valence-corrected chi connectivity index (χ4v) is 4.24. The predicted molar refractivity (Wildman–Crippen MR) is 121 cm³/mol. The molecule has 0 unspecified atom stereocenters. The smallest absolute Gasteiger partial charge is 0.349 e. The number of esters is 2. The van der Waals surface area contributed by atoms with Crippen LogP contribution in [0.15, 0.2) is 54.6 Å². The van der Waals surface area contributed by atoms with Gasteiger partial charge in [-0.1, -0.05) is 48.5 Å². The van der Waals surface area contributed by atoms with Gasteiger partial charge in [-0.05, 0) is 38.0 Å². The van der Waals surface area contributed by atoms with Crippen molar-refractivity contribution >= 4 is 34.2 Å². The maximum absolute atomic E-state index is 12.9. The number of ether oxygens (including phenoxy) is 2. The van der Waals surface area contributed by atoms with Gasteiger partial charge in [0, 0.05) is 11.1 Å². The number of hydrogen-bond acceptors (Lipinski definition) is 6. The Kier molecular flexibility index (Phi) is 7.20. The van der Waals surface area contributed by atoms with Gasteiger partial charge in [0.2, 0.25) is 0 Å². The topological polar surface area (TPSA) is 81.7 Å². The van der Waals surface area contributed by atoms with E-state index in [1.54, 1.807) is 38.1 Å². The molecule has 0 spiro atoms. The molecule has 1 aromatic heterocycles. The lowest BCUT2D eigenvalue weighted by Crippen LogP contribution is -2.15. The van der Waals surface area contributed by atoms with Gasteiger partial charge in [-0.15, -0.1) is 11.3 Å². The average Bonchev–Trinajstić information content (AvgIpc) is 3.14. The molecule has 0 aliphatic rings. The Morgan fingerprint density at radius 2 is 1.48 bits per heavy atom. The number of anilines is 1. The van der Waals surface area contributed by atoms with Crippen LogP contribution in [-0.4, -0.2) is 31.1 Å². The third kappa shape index (κ3) is 4.83. The lowest BCUT2D eigenvalue weighted by atomic mass is 10.0. The first kappa shape index (κ1) is 22.2. The second-order valence-corrected chi connectivity index (χ2v) is 7.61. The fourth-order valence-electron chi connectivity index (χ4n) is 3.14. The standard InChI is InChI=1S/C24H23NO5S/c1-4-29-23(27)19-18(16-12-7-6-8-13-16)20(24(28)30-5-2)31-22(19)25-21(26)17-14-10-9-11-15(17)3/h6-14H,4-5H2,1-3H3,(H,25,26). The molecule has 0 saturated heterocycles. The highest BCUT2D eigenvalue weighted by Gasteiger charge is 2.30. The molecule has 0 saturated carbocycles. The number of carbonyl (C=O) groups is 3. The second kappa shape index (κ2) is 10.0. The van der Waals surface area contributed by atoms with Crippen molar-refractivity contribution in [2.75, 3.05) is 18.5 Å². The molecule has 7 heteroatoms. The van der Waals surface area contributed by atoms with Crippen molar-refractivity contribution in [3.05, 3.63) is 76.2 Å². The Bertz CT molecular complexity index is 1100. The van der Waals surface area contributed by atoms with E-state index in [4.69, 9.17) is 9.47 Å². The zero-order chi connectivity index (χ0) is 22.4. The fraction of sp³-hybridized carbons (Fsp3) is 0.208. The molecule has 31 heavy (non-hydrogen) atoms. The minimum Gasteiger partial charge on any atom is -0.462 e. The summed E-state index contributed by atoms with van der Waals surface area (Å²) >= 11 is 1.00. The van der Waals surface area contributed by atoms with Gasteiger partial charge in [0.15, 0.2) is 0 Å². The first-order valence-corrected chi connectivity index (χ1v) is 10.7. The Hall–Kier alpha value is -3.45. The Balaban J connectivity index is 2.18. The summed E-state index contributed by atoms with van der Waals surface area (Å²) in [5.41, 5.74) is 2.46. The Morgan fingerprint density at radius 3 is 2.13 bits per heavy atom. The minimum absolute atomic E-state index is 0.142. The number of amides is 1. The molecule has 0 radical (unpaired) electrons. The molecule has 1 heterocycles. The van der Waals surface area contributed by atoms with Gasteiger partial charge in [0.05, 0.1) is 13.2 Å². The summed E-state index contributed by atoms with van der Waals surface area (Å²) in [5, 5.41) is 3.05. The number of rotatable bonds is 7. The number of carbonyl (C=O) groups excluding carboxylic acids is 3. The van der Waals surface area contributed by atoms with Crippen molar-refractivity contribution in [3.8, 4) is 11.1 Å². The third-order valence-electron chi connectivity index (χ3n) is 4.53. The van der Waals surface area contributed by atoms with Crippen molar-refractivity contribution in [1.82, 2.24) is 0 Å². The SMILES string of the molecule is CCOC(=O)c1sc(NC(=O)c2ccccc2C)c(C(=O)OCC)c1-c1ccccc1. The lowest BCUT2D eigenvalue weighted by molar-refractivity contribution is 0.0528. The minimum atomic E-state index is -0.617. The average molecular weight is 438 g/mol. The van der Waals surface area contributed by atoms with Crippen molar-refractivity contribution in [1.29, 1.82) is 0 Å². The molecule has 2 aromatic carbocycles. The normalized spacial score (nSPS) is 10.4. The van der Waals surface area contributed by atoms with Crippen molar-refractivity contribution in [2.45, 2.75) is 20.8 Å². The lowest BCUT2D eigenvalue weighted by Gasteiger charge is -2.10. The number of thiophene rings is 1. The van der Waals surface area contributed by atoms with E-state index in [0.29, 0.717) is 16.7 Å². The highest BCUT2D eigenvalue weighted by atomic mass is 32.1. The number of aryl methyl sites for hydroxylation is 1. The van der Waals surface area contributed by atoms with E-state index in [9.17, 15) is 14.4 Å². The van der Waals surface area contributed by atoms with E-state index >= 15 is 0 Å². The van der Waals surface area contributed by atoms with Crippen LogP contribution in [0.2, 0.25) is 0 Å². The summed E-state index contributed by atoms with van der Waals surface area (Å²) in [6, 6.07) is 16.2. The van der Waals surface area contributed by atoms with Crippen molar-refractivity contribution < 1.29 is 23.9 Å². The van der Waals surface area contributed by atoms with Gasteiger partial charge in [0.25, 0.3) is 5.91 Å². The van der Waals surface area contributed by atoms with Gasteiger partial charge in [0.1, 0.15) is 15.4 Å². The molecule has 0 fully saturated rings. The van der Waals surface area contributed by atoms with Crippen LogP contribution in [0.3, 0.4) is 0 Å². The summed E-state index contributed by atoms with van der Waals surface area (Å²) < 4.78 is 10.5. The number of hydrogen-bond donors (Lipinski definition) is 1. The van der Waals surface area contributed by atoms with E-state index in [-0.39, 0.29) is 34.6 Å². The molecule has 0 atom stereocenters. The third-order valence-corrected chi connectivity index (χ3v) is 5.61. The molecule has 1 amide bonds. The van der Waals surface area contributed by atoms with Crippen LogP contribution in [0.25, 0.3) is 11.1 Å². The van der Waals surface area contributed by atoms with Crippen LogP contribution >= 0.6 is 11.3 Å². The van der Waals surface area contributed by atoms with Crippen molar-refractivity contribution in [2.24, 2.45) is 0 Å². The molecule has 0 aliphatic carbocycles. The first-order valence-electron chi connectivity index (χ1n) is 9.91. The number of nitrogens with one attached hydrogen (secondary N) is 1. The highest BCUT2D eigenvalue weighted by Crippen LogP contribution is 2.41. The Labute approximate surface area is 184 Å². The van der Waals surface area contributed by atoms with Crippen molar-refractivity contribution in [3.63, 3.8) is 0 Å². The maximum atomic E-state index is 12.9. The van der Waals surface area contributed by atoms with Crippen LogP contribution in [-0.2, 0) is 9.47 Å². The van der Waals surface area contributed by atoms with Gasteiger partial charge in [-0.25, -0.2) is 9.59 Å². The zero-order valence-corrected chi connectivity index (χ0v) is 18.4. The summed E-state index contributed by atoms with van der Waals surface area (Å²) in [4.78, 5) is 38.8. The van der Waals surface area contributed by atoms with E-state index in [1.807, 2.05) is 37.3 Å². The molecule has 0 aliphatic heterocycles. The van der Waals surface area contributed by atoms with E-state index in [0.717, 1.165) is 16.9 Å². The second-order valence-electron chi connectivity index (χ2n) is 6.59. The van der Waals surface area contributed by atoms with Crippen LogP contribution < -0.4 is 5.32 Å². The zero-order valence-electron chi connectivity index (χ0n) is 17.6. The molecular formula is C24H23NO5S. The van der Waals surface area contributed by atoms with Gasteiger partial charge < -0.3 is 14.8 Å². The molecule has 0 bridgehead atoms. The summed E-state index contributed by atoms with van der Waals surface area (Å²) in [7, 11) is 0. The molecule has 3 aromatic rings. The van der Waals surface area contributed by atoms with Gasteiger partial charge in [-0.2, -0.15) is 0 Å². The van der Waals surface area contributed by atoms with Crippen LogP contribution in [0, 0.1) is 6.92 Å². The predicted octanol–water partition coefficient (Wildman–Crippen LogP) is 5.33. The molecule has 3 rings (SSSR count). The largest absolute Gasteiger partial charge is 0.462 e. The highest BCUT2D eigenvalue weighted by molar-refractivity contribution is 7.19. The van der Waals surface area contributed by atoms with E-state index in [2.05, 4.69) is 5.32 Å². The van der Waals surface area contributed by atoms with E-state index in [1.165, 1.54) is 0 Å². The molecular weight excluding hydrogens is 414 g/mol. The quantitative estimate of drug-likeness (QED) is 0.505. The summed E-state index contributed by atoms with van der Waals surface area (Å²) in [5.74, 6) is -1.55. The molecule has 6 nitrogen and oxygen atoms in total. The van der Waals surface area contributed by atoms with Gasteiger partial charge in [-0.3, -0.25) is 4.79 Å². The van der Waals surface area contributed by atoms with E-state index < -0.39 is 11.9 Å². The van der Waals surface area contributed by atoms with Gasteiger partial charge >= 0.3 is 11.9 Å². The maximum Gasteiger partial charge on any atom is 0.349 e. The monoisotopic (exact) mass is 437 g/mol.